The molecule has 19 heavy (non-hydrogen) atoms. The minimum Gasteiger partial charge on any atom is -0.482 e. The standard InChI is InChI=1S/C17H16O2/c1-10-17(2,3)19-16-13-9-5-7-11-6-4-8-12(14(11)13)15(16)18-10/h4-10H,1-3H3. The van der Waals surface area contributed by atoms with Crippen molar-refractivity contribution in [1.82, 2.24) is 0 Å². The molecule has 1 aliphatic heterocycles. The summed E-state index contributed by atoms with van der Waals surface area (Å²) in [6.45, 7) is 6.21. The largest absolute Gasteiger partial charge is 0.482 e. The van der Waals surface area contributed by atoms with Crippen LogP contribution in [0.25, 0.3) is 22.3 Å². The average molecular weight is 252 g/mol. The Morgan fingerprint density at radius 3 is 2.26 bits per heavy atom. The molecule has 2 heteroatoms. The molecule has 0 amide bonds. The Labute approximate surface area is 112 Å². The number of hydrogen-bond donors (Lipinski definition) is 0. The molecule has 4 rings (SSSR count). The Morgan fingerprint density at radius 2 is 1.58 bits per heavy atom. The van der Waals surface area contributed by atoms with Gasteiger partial charge >= 0.3 is 0 Å². The Morgan fingerprint density at radius 1 is 0.947 bits per heavy atom. The summed E-state index contributed by atoms with van der Waals surface area (Å²) < 4.78 is 12.4. The normalized spacial score (nSPS) is 23.0. The van der Waals surface area contributed by atoms with Gasteiger partial charge in [-0.2, -0.15) is 0 Å². The zero-order chi connectivity index (χ0) is 13.2. The molecule has 1 atom stereocenters. The van der Waals surface area contributed by atoms with E-state index in [-0.39, 0.29) is 11.7 Å². The van der Waals surface area contributed by atoms with Crippen LogP contribution in [0.1, 0.15) is 31.9 Å². The molecule has 0 N–H and O–H groups in total. The van der Waals surface area contributed by atoms with E-state index in [0.29, 0.717) is 0 Å². The summed E-state index contributed by atoms with van der Waals surface area (Å²) in [4.78, 5) is 0. The lowest BCUT2D eigenvalue weighted by molar-refractivity contribution is -0.0561. The molecule has 0 bridgehead atoms. The molecule has 2 nitrogen and oxygen atoms in total. The molecule has 2 aromatic carbocycles. The average Bonchev–Trinajstić information content (AvgIpc) is 2.67. The van der Waals surface area contributed by atoms with Gasteiger partial charge in [-0.05, 0) is 26.2 Å². The van der Waals surface area contributed by atoms with Crippen LogP contribution >= 0.6 is 0 Å². The van der Waals surface area contributed by atoms with Crippen LogP contribution in [0, 0.1) is 0 Å². The van der Waals surface area contributed by atoms with Crippen LogP contribution in [0.4, 0.5) is 0 Å². The van der Waals surface area contributed by atoms with Crippen molar-refractivity contribution in [2.24, 2.45) is 0 Å². The summed E-state index contributed by atoms with van der Waals surface area (Å²) in [7, 11) is 0. The molecule has 1 heterocycles. The monoisotopic (exact) mass is 252 g/mol. The van der Waals surface area contributed by atoms with Crippen molar-refractivity contribution in [2.75, 3.05) is 0 Å². The number of rotatable bonds is 0. The van der Waals surface area contributed by atoms with Crippen molar-refractivity contribution >= 4 is 22.3 Å². The maximum atomic E-state index is 6.24. The van der Waals surface area contributed by atoms with Gasteiger partial charge in [-0.15, -0.1) is 0 Å². The molecule has 0 aromatic heterocycles. The second kappa shape index (κ2) is 3.32. The molecule has 96 valence electrons. The summed E-state index contributed by atoms with van der Waals surface area (Å²) in [5.74, 6) is 1.80. The molecule has 0 radical (unpaired) electrons. The van der Waals surface area contributed by atoms with Gasteiger partial charge in [0, 0.05) is 16.5 Å². The maximum Gasteiger partial charge on any atom is 0.170 e. The van der Waals surface area contributed by atoms with Gasteiger partial charge in [0.25, 0.3) is 0 Å². The van der Waals surface area contributed by atoms with Gasteiger partial charge in [0.1, 0.15) is 11.7 Å². The van der Waals surface area contributed by atoms with Gasteiger partial charge < -0.3 is 9.47 Å². The van der Waals surface area contributed by atoms with E-state index in [0.717, 1.165) is 22.6 Å². The van der Waals surface area contributed by atoms with Crippen molar-refractivity contribution in [1.29, 1.82) is 0 Å². The molecule has 1 unspecified atom stereocenters. The van der Waals surface area contributed by atoms with E-state index in [1.54, 1.807) is 0 Å². The number of hydrogen-bond acceptors (Lipinski definition) is 2. The van der Waals surface area contributed by atoms with E-state index >= 15 is 0 Å². The van der Waals surface area contributed by atoms with Crippen LogP contribution in [0.2, 0.25) is 0 Å². The lowest BCUT2D eigenvalue weighted by atomic mass is 10.0. The van der Waals surface area contributed by atoms with Gasteiger partial charge in [0.15, 0.2) is 11.5 Å². The van der Waals surface area contributed by atoms with Crippen LogP contribution < -0.4 is 0 Å². The zero-order valence-electron chi connectivity index (χ0n) is 11.4. The van der Waals surface area contributed by atoms with Crippen molar-refractivity contribution in [2.45, 2.75) is 32.5 Å². The van der Waals surface area contributed by atoms with Crippen molar-refractivity contribution in [3.63, 3.8) is 0 Å². The Hall–Kier alpha value is -1.96. The number of benzene rings is 2. The maximum absolute atomic E-state index is 6.24. The van der Waals surface area contributed by atoms with Gasteiger partial charge in [0.05, 0.1) is 0 Å². The van der Waals surface area contributed by atoms with E-state index in [9.17, 15) is 0 Å². The molecule has 0 fully saturated rings. The Balaban J connectivity index is 2.02. The van der Waals surface area contributed by atoms with Crippen molar-refractivity contribution in [3.8, 4) is 0 Å². The minimum atomic E-state index is -0.303. The molecule has 0 saturated heterocycles. The van der Waals surface area contributed by atoms with E-state index in [1.165, 1.54) is 10.8 Å². The minimum absolute atomic E-state index is 0.0378. The van der Waals surface area contributed by atoms with Crippen molar-refractivity contribution < 1.29 is 9.47 Å². The summed E-state index contributed by atoms with van der Waals surface area (Å²) in [5.41, 5.74) is 2.01. The number of ether oxygens (including phenoxy) is 2. The Kier molecular flexibility index (Phi) is 1.91. The van der Waals surface area contributed by atoms with Gasteiger partial charge in [-0.3, -0.25) is 0 Å². The first-order chi connectivity index (χ1) is 9.08. The third-order valence-electron chi connectivity index (χ3n) is 4.24. The lowest BCUT2D eigenvalue weighted by Gasteiger charge is -2.38. The van der Waals surface area contributed by atoms with E-state index in [1.807, 2.05) is 0 Å². The molecule has 2 aromatic rings. The first kappa shape index (κ1) is 10.9. The van der Waals surface area contributed by atoms with Crippen LogP contribution in [-0.4, -0.2) is 11.7 Å². The van der Waals surface area contributed by atoms with Crippen LogP contribution in [0.15, 0.2) is 36.4 Å². The smallest absolute Gasteiger partial charge is 0.170 e. The first-order valence-electron chi connectivity index (χ1n) is 6.70. The molecule has 2 aliphatic rings. The van der Waals surface area contributed by atoms with Crippen LogP contribution in [-0.2, 0) is 9.47 Å². The summed E-state index contributed by atoms with van der Waals surface area (Å²) >= 11 is 0. The first-order valence-corrected chi connectivity index (χ1v) is 6.70. The van der Waals surface area contributed by atoms with E-state index in [2.05, 4.69) is 57.2 Å². The highest BCUT2D eigenvalue weighted by molar-refractivity contribution is 6.10. The molecular weight excluding hydrogens is 236 g/mol. The highest BCUT2D eigenvalue weighted by Crippen LogP contribution is 2.48. The highest BCUT2D eigenvalue weighted by atomic mass is 16.6. The molecule has 0 spiro atoms. The molecule has 1 aliphatic carbocycles. The van der Waals surface area contributed by atoms with Crippen LogP contribution in [0.5, 0.6) is 0 Å². The van der Waals surface area contributed by atoms with Gasteiger partial charge in [-0.25, -0.2) is 0 Å². The van der Waals surface area contributed by atoms with Gasteiger partial charge in [0.2, 0.25) is 0 Å². The molecule has 0 saturated carbocycles. The highest BCUT2D eigenvalue weighted by Gasteiger charge is 2.41. The fourth-order valence-corrected chi connectivity index (χ4v) is 2.85. The lowest BCUT2D eigenvalue weighted by Crippen LogP contribution is -2.41. The van der Waals surface area contributed by atoms with E-state index in [4.69, 9.17) is 9.47 Å². The third kappa shape index (κ3) is 1.31. The topological polar surface area (TPSA) is 18.5 Å². The third-order valence-corrected chi connectivity index (χ3v) is 4.24. The molecular formula is C17H16O2. The SMILES string of the molecule is CC1OC2=C(OC1(C)C)c1cccc3cccc2c13. The van der Waals surface area contributed by atoms with Crippen molar-refractivity contribution in [3.05, 3.63) is 47.5 Å². The summed E-state index contributed by atoms with van der Waals surface area (Å²) in [6.07, 6.45) is 0.0378. The fraction of sp³-hybridized carbons (Fsp3) is 0.294. The zero-order valence-corrected chi connectivity index (χ0v) is 11.4. The second-order valence-electron chi connectivity index (χ2n) is 5.83. The van der Waals surface area contributed by atoms with Crippen LogP contribution in [0.3, 0.4) is 0 Å². The quantitative estimate of drug-likeness (QED) is 0.699. The predicted molar refractivity (Wildman–Crippen MR) is 76.5 cm³/mol. The Bertz CT molecular complexity index is 720. The second-order valence-corrected chi connectivity index (χ2v) is 5.83. The summed E-state index contributed by atoms with van der Waals surface area (Å²) in [5, 5.41) is 2.49. The summed E-state index contributed by atoms with van der Waals surface area (Å²) in [6, 6.07) is 12.6. The van der Waals surface area contributed by atoms with E-state index < -0.39 is 0 Å². The van der Waals surface area contributed by atoms with Gasteiger partial charge in [-0.1, -0.05) is 36.4 Å². The predicted octanol–water partition coefficient (Wildman–Crippen LogP) is 4.19. The number of fused-ring (bicyclic) bond motifs is 2. The fourth-order valence-electron chi connectivity index (χ4n) is 2.85.